The molecule has 78 valence electrons. The molecule has 1 aromatic heterocycles. The number of thiol groups is 1. The van der Waals surface area contributed by atoms with Crippen molar-refractivity contribution in [2.24, 2.45) is 0 Å². The molecular formula is C9H14N2OS2. The lowest BCUT2D eigenvalue weighted by Gasteiger charge is -2.17. The molecule has 0 saturated heterocycles. The Morgan fingerprint density at radius 1 is 1.57 bits per heavy atom. The molecule has 2 heterocycles. The van der Waals surface area contributed by atoms with E-state index >= 15 is 0 Å². The molecule has 1 N–H and O–H groups in total. The smallest absolute Gasteiger partial charge is 0.123 e. The molecule has 14 heavy (non-hydrogen) atoms. The molecule has 1 aliphatic rings. The summed E-state index contributed by atoms with van der Waals surface area (Å²) in [6.45, 7) is 5.66. The SMILES string of the molecule is CC(C)(SS)c1nc2c([nH]1)COCC2. The van der Waals surface area contributed by atoms with Gasteiger partial charge in [0.1, 0.15) is 5.82 Å². The van der Waals surface area contributed by atoms with Gasteiger partial charge < -0.3 is 9.72 Å². The molecular weight excluding hydrogens is 216 g/mol. The maximum atomic E-state index is 5.36. The zero-order chi connectivity index (χ0) is 10.2. The fourth-order valence-corrected chi connectivity index (χ4v) is 1.89. The van der Waals surface area contributed by atoms with E-state index in [0.717, 1.165) is 30.2 Å². The monoisotopic (exact) mass is 230 g/mol. The van der Waals surface area contributed by atoms with Crippen LogP contribution in [0.3, 0.4) is 0 Å². The summed E-state index contributed by atoms with van der Waals surface area (Å²) in [5.74, 6) is 0.994. The van der Waals surface area contributed by atoms with Crippen LogP contribution in [0, 0.1) is 0 Å². The predicted octanol–water partition coefficient (Wildman–Crippen LogP) is 2.30. The van der Waals surface area contributed by atoms with Gasteiger partial charge >= 0.3 is 0 Å². The summed E-state index contributed by atoms with van der Waals surface area (Å²) in [7, 11) is 1.50. The molecule has 0 amide bonds. The molecule has 1 aliphatic heterocycles. The van der Waals surface area contributed by atoms with Gasteiger partial charge in [0.05, 0.1) is 29.3 Å². The van der Waals surface area contributed by atoms with Gasteiger partial charge in [0, 0.05) is 6.42 Å². The van der Waals surface area contributed by atoms with Crippen molar-refractivity contribution < 1.29 is 4.74 Å². The Labute approximate surface area is 92.8 Å². The highest BCUT2D eigenvalue weighted by atomic mass is 33.1. The Balaban J connectivity index is 2.32. The molecule has 1 aromatic rings. The van der Waals surface area contributed by atoms with Crippen LogP contribution in [-0.2, 0) is 22.5 Å². The fourth-order valence-electron chi connectivity index (χ4n) is 1.44. The molecule has 0 saturated carbocycles. The lowest BCUT2D eigenvalue weighted by molar-refractivity contribution is 0.107. The summed E-state index contributed by atoms with van der Waals surface area (Å²) in [5.41, 5.74) is 2.28. The molecule has 0 bridgehead atoms. The van der Waals surface area contributed by atoms with Gasteiger partial charge in [-0.3, -0.25) is 0 Å². The second-order valence-electron chi connectivity index (χ2n) is 3.91. The first-order valence-electron chi connectivity index (χ1n) is 4.62. The number of rotatable bonds is 2. The normalized spacial score (nSPS) is 16.8. The Kier molecular flexibility index (Phi) is 2.81. The van der Waals surface area contributed by atoms with E-state index in [2.05, 4.69) is 35.5 Å². The van der Waals surface area contributed by atoms with Gasteiger partial charge in [-0.1, -0.05) is 10.8 Å². The first-order chi connectivity index (χ1) is 6.63. The number of imidazole rings is 1. The van der Waals surface area contributed by atoms with Crippen molar-refractivity contribution in [2.45, 2.75) is 31.6 Å². The lowest BCUT2D eigenvalue weighted by Crippen LogP contribution is -2.12. The van der Waals surface area contributed by atoms with Crippen molar-refractivity contribution in [3.05, 3.63) is 17.2 Å². The molecule has 5 heteroatoms. The number of aromatic nitrogens is 2. The van der Waals surface area contributed by atoms with Crippen molar-refractivity contribution in [2.75, 3.05) is 6.61 Å². The van der Waals surface area contributed by atoms with Gasteiger partial charge in [-0.15, -0.1) is 11.7 Å². The summed E-state index contributed by atoms with van der Waals surface area (Å²) in [5, 5.41) is 0. The van der Waals surface area contributed by atoms with Gasteiger partial charge in [-0.05, 0) is 13.8 Å². The van der Waals surface area contributed by atoms with Crippen LogP contribution in [0.5, 0.6) is 0 Å². The summed E-state index contributed by atoms with van der Waals surface area (Å²) in [6, 6.07) is 0. The standard InChI is InChI=1S/C9H14N2OS2/c1-9(2,14-13)8-10-6-3-4-12-5-7(6)11-8/h13H,3-5H2,1-2H3,(H,10,11). The van der Waals surface area contributed by atoms with Crippen molar-refractivity contribution in [1.29, 1.82) is 0 Å². The Hall–Kier alpha value is -0.130. The fraction of sp³-hybridized carbons (Fsp3) is 0.667. The van der Waals surface area contributed by atoms with E-state index in [1.165, 1.54) is 10.8 Å². The third-order valence-corrected chi connectivity index (χ3v) is 4.41. The molecule has 0 aliphatic carbocycles. The highest BCUT2D eigenvalue weighted by Crippen LogP contribution is 2.36. The van der Waals surface area contributed by atoms with Gasteiger partial charge in [0.25, 0.3) is 0 Å². The molecule has 0 aromatic carbocycles. The summed E-state index contributed by atoms with van der Waals surface area (Å²) in [4.78, 5) is 7.91. The minimum Gasteiger partial charge on any atom is -0.375 e. The first kappa shape index (κ1) is 10.4. The second kappa shape index (κ2) is 3.79. The van der Waals surface area contributed by atoms with E-state index < -0.39 is 0 Å². The number of hydrogen-bond acceptors (Lipinski definition) is 4. The van der Waals surface area contributed by atoms with Crippen molar-refractivity contribution >= 4 is 22.5 Å². The largest absolute Gasteiger partial charge is 0.375 e. The molecule has 0 spiro atoms. The zero-order valence-corrected chi connectivity index (χ0v) is 10.0. The minimum atomic E-state index is -0.0690. The van der Waals surface area contributed by atoms with Crippen LogP contribution in [0.25, 0.3) is 0 Å². The topological polar surface area (TPSA) is 37.9 Å². The van der Waals surface area contributed by atoms with Crippen LogP contribution >= 0.6 is 22.5 Å². The minimum absolute atomic E-state index is 0.0690. The number of aromatic amines is 1. The maximum Gasteiger partial charge on any atom is 0.123 e. The van der Waals surface area contributed by atoms with E-state index in [4.69, 9.17) is 4.74 Å². The van der Waals surface area contributed by atoms with Crippen molar-refractivity contribution in [1.82, 2.24) is 9.97 Å². The van der Waals surface area contributed by atoms with Gasteiger partial charge in [0.2, 0.25) is 0 Å². The lowest BCUT2D eigenvalue weighted by atomic mass is 10.2. The molecule has 0 radical (unpaired) electrons. The Morgan fingerprint density at radius 2 is 2.36 bits per heavy atom. The van der Waals surface area contributed by atoms with E-state index in [9.17, 15) is 0 Å². The van der Waals surface area contributed by atoms with Gasteiger partial charge in [-0.2, -0.15) is 0 Å². The van der Waals surface area contributed by atoms with E-state index in [-0.39, 0.29) is 4.75 Å². The number of hydrogen-bond donors (Lipinski definition) is 2. The summed E-state index contributed by atoms with van der Waals surface area (Å²) in [6.07, 6.45) is 0.916. The van der Waals surface area contributed by atoms with Crippen LogP contribution in [0.4, 0.5) is 0 Å². The van der Waals surface area contributed by atoms with Crippen molar-refractivity contribution in [3.63, 3.8) is 0 Å². The number of H-pyrrole nitrogens is 1. The van der Waals surface area contributed by atoms with Crippen LogP contribution < -0.4 is 0 Å². The summed E-state index contributed by atoms with van der Waals surface area (Å²) < 4.78 is 5.29. The van der Waals surface area contributed by atoms with Crippen molar-refractivity contribution in [3.8, 4) is 0 Å². The number of fused-ring (bicyclic) bond motifs is 1. The second-order valence-corrected chi connectivity index (χ2v) is 5.67. The van der Waals surface area contributed by atoms with Crippen LogP contribution in [0.2, 0.25) is 0 Å². The van der Waals surface area contributed by atoms with Crippen LogP contribution in [0.1, 0.15) is 31.1 Å². The highest BCUT2D eigenvalue weighted by Gasteiger charge is 2.26. The van der Waals surface area contributed by atoms with E-state index in [1.54, 1.807) is 0 Å². The predicted molar refractivity (Wildman–Crippen MR) is 61.6 cm³/mol. The highest BCUT2D eigenvalue weighted by molar-refractivity contribution is 8.68. The summed E-state index contributed by atoms with van der Waals surface area (Å²) >= 11 is 4.26. The van der Waals surface area contributed by atoms with E-state index in [0.29, 0.717) is 6.61 Å². The number of nitrogens with zero attached hydrogens (tertiary/aromatic N) is 1. The zero-order valence-electron chi connectivity index (χ0n) is 8.33. The molecule has 0 atom stereocenters. The Bertz CT molecular complexity index is 312. The van der Waals surface area contributed by atoms with Crippen LogP contribution in [0.15, 0.2) is 0 Å². The Morgan fingerprint density at radius 3 is 3.00 bits per heavy atom. The quantitative estimate of drug-likeness (QED) is 0.605. The third-order valence-electron chi connectivity index (χ3n) is 2.39. The van der Waals surface area contributed by atoms with Crippen LogP contribution in [-0.4, -0.2) is 16.6 Å². The maximum absolute atomic E-state index is 5.36. The number of nitrogens with one attached hydrogen (secondary N) is 1. The average Bonchev–Trinajstić information content (AvgIpc) is 2.61. The average molecular weight is 230 g/mol. The van der Waals surface area contributed by atoms with E-state index in [1.807, 2.05) is 0 Å². The number of ether oxygens (including phenoxy) is 1. The molecule has 3 nitrogen and oxygen atoms in total. The first-order valence-corrected chi connectivity index (χ1v) is 6.49. The van der Waals surface area contributed by atoms with Gasteiger partial charge in [0.15, 0.2) is 0 Å². The molecule has 0 fully saturated rings. The third kappa shape index (κ3) is 1.81. The molecule has 0 unspecified atom stereocenters. The molecule has 2 rings (SSSR count). The van der Waals surface area contributed by atoms with Gasteiger partial charge in [-0.25, -0.2) is 4.98 Å².